The van der Waals surface area contributed by atoms with E-state index in [1.54, 1.807) is 11.0 Å². The number of rotatable bonds is 3. The molecule has 2 heterocycles. The van der Waals surface area contributed by atoms with Gasteiger partial charge >= 0.3 is 0 Å². The van der Waals surface area contributed by atoms with Crippen LogP contribution in [-0.4, -0.2) is 18.4 Å². The van der Waals surface area contributed by atoms with Gasteiger partial charge in [0.1, 0.15) is 11.1 Å². The van der Waals surface area contributed by atoms with Crippen molar-refractivity contribution in [3.8, 4) is 6.07 Å². The number of nitrogens with one attached hydrogen (secondary N) is 1. The van der Waals surface area contributed by atoms with Gasteiger partial charge in [-0.2, -0.15) is 5.26 Å². The number of hydrogen-bond donors (Lipinski definition) is 1. The summed E-state index contributed by atoms with van der Waals surface area (Å²) in [5, 5.41) is 13.0. The molecule has 2 aliphatic rings. The molecule has 6 heteroatoms. The van der Waals surface area contributed by atoms with Crippen LogP contribution >= 0.6 is 11.3 Å². The number of anilines is 2. The molecule has 0 fully saturated rings. The summed E-state index contributed by atoms with van der Waals surface area (Å²) in [4.78, 5) is 27.7. The predicted octanol–water partition coefficient (Wildman–Crippen LogP) is 3.66. The molecule has 1 N–H and O–H groups in total. The largest absolute Gasteiger partial charge is 0.312 e. The number of hydrogen-bond acceptors (Lipinski definition) is 4. The lowest BCUT2D eigenvalue weighted by Crippen LogP contribution is -2.27. The number of amides is 2. The maximum atomic E-state index is 12.7. The van der Waals surface area contributed by atoms with Crippen LogP contribution in [0.2, 0.25) is 0 Å². The maximum absolute atomic E-state index is 12.7. The molecule has 0 atom stereocenters. The Morgan fingerprint density at radius 3 is 2.92 bits per heavy atom. The van der Waals surface area contributed by atoms with Gasteiger partial charge in [0.05, 0.1) is 5.56 Å². The minimum absolute atomic E-state index is 0.104. The molecular formula is C20H19N3O2S. The van der Waals surface area contributed by atoms with E-state index in [2.05, 4.69) is 11.4 Å². The summed E-state index contributed by atoms with van der Waals surface area (Å²) in [7, 11) is 0. The zero-order chi connectivity index (χ0) is 18.3. The first kappa shape index (κ1) is 16.8. The molecule has 2 amide bonds. The monoisotopic (exact) mass is 365 g/mol. The fourth-order valence-corrected chi connectivity index (χ4v) is 5.01. The second-order valence-electron chi connectivity index (χ2n) is 6.62. The first-order valence-corrected chi connectivity index (χ1v) is 9.73. The third-order valence-corrected chi connectivity index (χ3v) is 6.31. The van der Waals surface area contributed by atoms with Gasteiger partial charge < -0.3 is 10.2 Å². The van der Waals surface area contributed by atoms with E-state index in [1.165, 1.54) is 16.2 Å². The quantitative estimate of drug-likeness (QED) is 0.902. The van der Waals surface area contributed by atoms with Gasteiger partial charge in [0.25, 0.3) is 5.91 Å². The van der Waals surface area contributed by atoms with Gasteiger partial charge in [-0.15, -0.1) is 11.3 Å². The Balaban J connectivity index is 1.57. The Hall–Kier alpha value is -2.65. The highest BCUT2D eigenvalue weighted by Gasteiger charge is 2.26. The number of nitriles is 1. The third-order valence-electron chi connectivity index (χ3n) is 5.10. The zero-order valence-electron chi connectivity index (χ0n) is 14.6. The highest BCUT2D eigenvalue weighted by atomic mass is 32.1. The van der Waals surface area contributed by atoms with Gasteiger partial charge in [-0.25, -0.2) is 0 Å². The first-order chi connectivity index (χ1) is 12.6. The molecule has 0 unspecified atom stereocenters. The number of fused-ring (bicyclic) bond motifs is 2. The van der Waals surface area contributed by atoms with E-state index in [0.29, 0.717) is 29.1 Å². The Labute approximate surface area is 156 Å². The zero-order valence-corrected chi connectivity index (χ0v) is 15.4. The molecule has 26 heavy (non-hydrogen) atoms. The van der Waals surface area contributed by atoms with Crippen LogP contribution in [0.15, 0.2) is 18.2 Å². The molecule has 0 saturated carbocycles. The van der Waals surface area contributed by atoms with Crippen molar-refractivity contribution in [3.63, 3.8) is 0 Å². The highest BCUT2D eigenvalue weighted by Crippen LogP contribution is 2.39. The van der Waals surface area contributed by atoms with Crippen molar-refractivity contribution in [2.24, 2.45) is 0 Å². The smallest absolute Gasteiger partial charge is 0.256 e. The van der Waals surface area contributed by atoms with E-state index in [4.69, 9.17) is 0 Å². The standard InChI is InChI=1S/C20H19N3O2S/c1-2-18(24)23-9-8-12-10-13(6-7-16(12)23)19(25)22-20-15(11-21)14-4-3-5-17(14)26-20/h6-7,10H,2-5,8-9H2,1H3,(H,22,25). The predicted molar refractivity (Wildman–Crippen MR) is 102 cm³/mol. The number of thiophene rings is 1. The SMILES string of the molecule is CCC(=O)N1CCc2cc(C(=O)Nc3sc4c(c3C#N)CCC4)ccc21. The van der Waals surface area contributed by atoms with Crippen LogP contribution in [0.3, 0.4) is 0 Å². The van der Waals surface area contributed by atoms with Crippen molar-refractivity contribution < 1.29 is 9.59 Å². The number of carbonyl (C=O) groups excluding carboxylic acids is 2. The summed E-state index contributed by atoms with van der Waals surface area (Å²) in [6.07, 6.45) is 4.23. The first-order valence-electron chi connectivity index (χ1n) is 8.91. The van der Waals surface area contributed by atoms with Gasteiger partial charge in [0.15, 0.2) is 0 Å². The Morgan fingerprint density at radius 2 is 2.15 bits per heavy atom. The van der Waals surface area contributed by atoms with E-state index in [9.17, 15) is 14.9 Å². The van der Waals surface area contributed by atoms with E-state index in [1.807, 2.05) is 19.1 Å². The lowest BCUT2D eigenvalue weighted by atomic mass is 10.1. The molecule has 0 bridgehead atoms. The number of aryl methyl sites for hydroxylation is 1. The summed E-state index contributed by atoms with van der Waals surface area (Å²) >= 11 is 1.52. The van der Waals surface area contributed by atoms with Crippen molar-refractivity contribution in [1.29, 1.82) is 5.26 Å². The Bertz CT molecular complexity index is 955. The normalized spacial score (nSPS) is 14.7. The maximum Gasteiger partial charge on any atom is 0.256 e. The van der Waals surface area contributed by atoms with Gasteiger partial charge in [-0.1, -0.05) is 6.92 Å². The molecule has 1 aromatic carbocycles. The minimum Gasteiger partial charge on any atom is -0.312 e. The molecule has 2 aromatic rings. The van der Waals surface area contributed by atoms with Crippen molar-refractivity contribution in [2.45, 2.75) is 39.0 Å². The number of nitrogens with zero attached hydrogens (tertiary/aromatic N) is 2. The molecule has 1 aliphatic heterocycles. The summed E-state index contributed by atoms with van der Waals surface area (Å²) in [6.45, 7) is 2.52. The van der Waals surface area contributed by atoms with E-state index < -0.39 is 0 Å². The molecule has 0 saturated heterocycles. The van der Waals surface area contributed by atoms with E-state index >= 15 is 0 Å². The summed E-state index contributed by atoms with van der Waals surface area (Å²) in [5.74, 6) is -0.0998. The lowest BCUT2D eigenvalue weighted by Gasteiger charge is -2.16. The van der Waals surface area contributed by atoms with Gasteiger partial charge in [-0.05, 0) is 55.0 Å². The van der Waals surface area contributed by atoms with Crippen molar-refractivity contribution in [3.05, 3.63) is 45.3 Å². The Kier molecular flexibility index (Phi) is 4.25. The minimum atomic E-state index is -0.204. The highest BCUT2D eigenvalue weighted by molar-refractivity contribution is 7.16. The van der Waals surface area contributed by atoms with Crippen LogP contribution in [0.1, 0.15) is 51.7 Å². The molecule has 1 aliphatic carbocycles. The fourth-order valence-electron chi connectivity index (χ4n) is 3.78. The van der Waals surface area contributed by atoms with Crippen LogP contribution in [0, 0.1) is 11.3 Å². The van der Waals surface area contributed by atoms with E-state index in [-0.39, 0.29) is 11.8 Å². The summed E-state index contributed by atoms with van der Waals surface area (Å²) in [5.41, 5.74) is 4.22. The van der Waals surface area contributed by atoms with Crippen LogP contribution < -0.4 is 10.2 Å². The van der Waals surface area contributed by atoms with Gasteiger partial charge in [0, 0.05) is 29.1 Å². The molecule has 4 rings (SSSR count). The lowest BCUT2D eigenvalue weighted by molar-refractivity contribution is -0.118. The topological polar surface area (TPSA) is 73.2 Å². The Morgan fingerprint density at radius 1 is 1.31 bits per heavy atom. The van der Waals surface area contributed by atoms with Gasteiger partial charge in [0.2, 0.25) is 5.91 Å². The van der Waals surface area contributed by atoms with Gasteiger partial charge in [-0.3, -0.25) is 9.59 Å². The molecule has 0 spiro atoms. The number of carbonyl (C=O) groups is 2. The van der Waals surface area contributed by atoms with E-state index in [0.717, 1.165) is 42.5 Å². The molecule has 132 valence electrons. The summed E-state index contributed by atoms with van der Waals surface area (Å²) in [6, 6.07) is 7.72. The molecule has 5 nitrogen and oxygen atoms in total. The average Bonchev–Trinajstić information content (AvgIpc) is 3.34. The fraction of sp³-hybridized carbons (Fsp3) is 0.350. The second-order valence-corrected chi connectivity index (χ2v) is 7.72. The van der Waals surface area contributed by atoms with Crippen LogP contribution in [-0.2, 0) is 24.1 Å². The molecule has 0 radical (unpaired) electrons. The molecular weight excluding hydrogens is 346 g/mol. The van der Waals surface area contributed by atoms with Crippen LogP contribution in [0.25, 0.3) is 0 Å². The van der Waals surface area contributed by atoms with Crippen molar-refractivity contribution >= 4 is 33.8 Å². The molecule has 1 aromatic heterocycles. The average molecular weight is 365 g/mol. The second kappa shape index (κ2) is 6.58. The van der Waals surface area contributed by atoms with Crippen LogP contribution in [0.4, 0.5) is 10.7 Å². The number of benzene rings is 1. The van der Waals surface area contributed by atoms with Crippen LogP contribution in [0.5, 0.6) is 0 Å². The summed E-state index contributed by atoms with van der Waals surface area (Å²) < 4.78 is 0. The third kappa shape index (κ3) is 2.69. The van der Waals surface area contributed by atoms with Crippen molar-refractivity contribution in [1.82, 2.24) is 0 Å². The van der Waals surface area contributed by atoms with Crippen molar-refractivity contribution in [2.75, 3.05) is 16.8 Å².